The van der Waals surface area contributed by atoms with E-state index in [0.717, 1.165) is 28.2 Å². The Morgan fingerprint density at radius 3 is 2.95 bits per heavy atom. The summed E-state index contributed by atoms with van der Waals surface area (Å²) in [5, 5.41) is 4.73. The third-order valence-corrected chi connectivity index (χ3v) is 4.42. The van der Waals surface area contributed by atoms with E-state index < -0.39 is 0 Å². The molecule has 1 aliphatic rings. The molecular formula is C17H23N3. The van der Waals surface area contributed by atoms with Crippen molar-refractivity contribution in [2.45, 2.75) is 45.1 Å². The van der Waals surface area contributed by atoms with Gasteiger partial charge >= 0.3 is 0 Å². The van der Waals surface area contributed by atoms with Gasteiger partial charge in [0, 0.05) is 23.3 Å². The molecule has 106 valence electrons. The topological polar surface area (TPSA) is 50.9 Å². The second kappa shape index (κ2) is 5.70. The molecule has 3 N–H and O–H groups in total. The van der Waals surface area contributed by atoms with E-state index in [1.807, 2.05) is 24.4 Å². The third kappa shape index (κ3) is 2.72. The highest BCUT2D eigenvalue weighted by molar-refractivity contribution is 5.98. The molecule has 2 unspecified atom stereocenters. The fraction of sp³-hybridized carbons (Fsp3) is 0.471. The Kier molecular flexibility index (Phi) is 3.77. The summed E-state index contributed by atoms with van der Waals surface area (Å²) in [6.45, 7) is 2.36. The van der Waals surface area contributed by atoms with Crippen LogP contribution in [0, 0.1) is 5.92 Å². The molecule has 1 aliphatic carbocycles. The summed E-state index contributed by atoms with van der Waals surface area (Å²) in [5.74, 6) is 0.864. The van der Waals surface area contributed by atoms with Crippen molar-refractivity contribution in [3.05, 3.63) is 30.5 Å². The minimum absolute atomic E-state index is 0.564. The zero-order valence-corrected chi connectivity index (χ0v) is 12.1. The maximum atomic E-state index is 6.03. The van der Waals surface area contributed by atoms with Crippen LogP contribution < -0.4 is 11.1 Å². The Morgan fingerprint density at radius 1 is 1.15 bits per heavy atom. The van der Waals surface area contributed by atoms with E-state index in [0.29, 0.717) is 6.04 Å². The number of rotatable bonds is 2. The zero-order valence-electron chi connectivity index (χ0n) is 12.1. The molecule has 3 nitrogen and oxygen atoms in total. The van der Waals surface area contributed by atoms with E-state index in [1.165, 1.54) is 32.1 Å². The SMILES string of the molecule is CC1CCCC(Nc2ccc(N)c3cccnc23)CC1. The molecule has 2 aromatic rings. The molecule has 0 spiro atoms. The van der Waals surface area contributed by atoms with Gasteiger partial charge in [-0.25, -0.2) is 0 Å². The predicted molar refractivity (Wildman–Crippen MR) is 85.8 cm³/mol. The fourth-order valence-electron chi connectivity index (χ4n) is 3.16. The predicted octanol–water partition coefficient (Wildman–Crippen LogP) is 4.20. The molecule has 0 bridgehead atoms. The molecule has 3 rings (SSSR count). The number of nitrogens with zero attached hydrogens (tertiary/aromatic N) is 1. The van der Waals surface area contributed by atoms with Gasteiger partial charge in [0.15, 0.2) is 0 Å². The molecule has 20 heavy (non-hydrogen) atoms. The van der Waals surface area contributed by atoms with Crippen LogP contribution in [0.25, 0.3) is 10.9 Å². The lowest BCUT2D eigenvalue weighted by atomic mass is 10.0. The number of anilines is 2. The molecule has 1 saturated carbocycles. The Hall–Kier alpha value is -1.77. The molecule has 0 saturated heterocycles. The van der Waals surface area contributed by atoms with Crippen LogP contribution in [0.15, 0.2) is 30.5 Å². The van der Waals surface area contributed by atoms with Crippen LogP contribution in [-0.4, -0.2) is 11.0 Å². The van der Waals surface area contributed by atoms with Gasteiger partial charge < -0.3 is 11.1 Å². The van der Waals surface area contributed by atoms with Crippen LogP contribution in [0.2, 0.25) is 0 Å². The Bertz CT molecular complexity index is 594. The van der Waals surface area contributed by atoms with Crippen molar-refractivity contribution in [2.75, 3.05) is 11.1 Å². The van der Waals surface area contributed by atoms with Gasteiger partial charge in [-0.1, -0.05) is 19.8 Å². The number of hydrogen-bond donors (Lipinski definition) is 2. The van der Waals surface area contributed by atoms with E-state index in [4.69, 9.17) is 5.73 Å². The van der Waals surface area contributed by atoms with Gasteiger partial charge in [-0.2, -0.15) is 0 Å². The highest BCUT2D eigenvalue weighted by Gasteiger charge is 2.17. The van der Waals surface area contributed by atoms with Gasteiger partial charge in [-0.3, -0.25) is 4.98 Å². The molecule has 1 fully saturated rings. The van der Waals surface area contributed by atoms with Gasteiger partial charge in [-0.15, -0.1) is 0 Å². The lowest BCUT2D eigenvalue weighted by Gasteiger charge is -2.19. The highest BCUT2D eigenvalue weighted by atomic mass is 14.9. The van der Waals surface area contributed by atoms with Crippen molar-refractivity contribution in [3.63, 3.8) is 0 Å². The maximum absolute atomic E-state index is 6.03. The Morgan fingerprint density at radius 2 is 2.05 bits per heavy atom. The molecular weight excluding hydrogens is 246 g/mol. The van der Waals surface area contributed by atoms with Gasteiger partial charge in [0.1, 0.15) is 0 Å². The van der Waals surface area contributed by atoms with Crippen molar-refractivity contribution in [1.82, 2.24) is 4.98 Å². The highest BCUT2D eigenvalue weighted by Crippen LogP contribution is 2.30. The number of nitrogens with two attached hydrogens (primary N) is 1. The summed E-state index contributed by atoms with van der Waals surface area (Å²) in [4.78, 5) is 4.50. The summed E-state index contributed by atoms with van der Waals surface area (Å²) in [6, 6.07) is 8.59. The Labute approximate surface area is 120 Å². The fourth-order valence-corrected chi connectivity index (χ4v) is 3.16. The summed E-state index contributed by atoms with van der Waals surface area (Å²) in [7, 11) is 0. The first-order valence-electron chi connectivity index (χ1n) is 7.64. The van der Waals surface area contributed by atoms with Crippen LogP contribution in [0.3, 0.4) is 0 Å². The van der Waals surface area contributed by atoms with Crippen molar-refractivity contribution >= 4 is 22.3 Å². The third-order valence-electron chi connectivity index (χ3n) is 4.42. The van der Waals surface area contributed by atoms with E-state index >= 15 is 0 Å². The summed E-state index contributed by atoms with van der Waals surface area (Å²) in [6.07, 6.45) is 8.33. The summed E-state index contributed by atoms with van der Waals surface area (Å²) < 4.78 is 0. The molecule has 0 radical (unpaired) electrons. The van der Waals surface area contributed by atoms with E-state index in [-0.39, 0.29) is 0 Å². The second-order valence-corrected chi connectivity index (χ2v) is 6.06. The van der Waals surface area contributed by atoms with Crippen molar-refractivity contribution in [3.8, 4) is 0 Å². The number of benzene rings is 1. The van der Waals surface area contributed by atoms with Crippen LogP contribution in [-0.2, 0) is 0 Å². The zero-order chi connectivity index (χ0) is 13.9. The number of fused-ring (bicyclic) bond motifs is 1. The molecule has 0 aliphatic heterocycles. The summed E-state index contributed by atoms with van der Waals surface area (Å²) in [5.41, 5.74) is 8.94. The monoisotopic (exact) mass is 269 g/mol. The van der Waals surface area contributed by atoms with Gasteiger partial charge in [0.25, 0.3) is 0 Å². The van der Waals surface area contributed by atoms with Crippen molar-refractivity contribution in [1.29, 1.82) is 0 Å². The Balaban J connectivity index is 1.85. The first-order valence-corrected chi connectivity index (χ1v) is 7.64. The average Bonchev–Trinajstić information content (AvgIpc) is 2.67. The van der Waals surface area contributed by atoms with Crippen LogP contribution in [0.1, 0.15) is 39.0 Å². The second-order valence-electron chi connectivity index (χ2n) is 6.06. The normalized spacial score (nSPS) is 23.4. The quantitative estimate of drug-likeness (QED) is 0.634. The van der Waals surface area contributed by atoms with Crippen LogP contribution in [0.4, 0.5) is 11.4 Å². The molecule has 2 atom stereocenters. The largest absolute Gasteiger partial charge is 0.398 e. The maximum Gasteiger partial charge on any atom is 0.0953 e. The number of hydrogen-bond acceptors (Lipinski definition) is 3. The minimum Gasteiger partial charge on any atom is -0.398 e. The average molecular weight is 269 g/mol. The first-order chi connectivity index (χ1) is 9.74. The molecule has 1 aromatic heterocycles. The van der Waals surface area contributed by atoms with Gasteiger partial charge in [0.2, 0.25) is 0 Å². The molecule has 1 heterocycles. The van der Waals surface area contributed by atoms with E-state index in [9.17, 15) is 0 Å². The van der Waals surface area contributed by atoms with Gasteiger partial charge in [-0.05, 0) is 49.4 Å². The lowest BCUT2D eigenvalue weighted by molar-refractivity contribution is 0.502. The number of nitrogen functional groups attached to an aromatic ring is 1. The number of aromatic nitrogens is 1. The first kappa shape index (κ1) is 13.2. The van der Waals surface area contributed by atoms with Crippen molar-refractivity contribution < 1.29 is 0 Å². The van der Waals surface area contributed by atoms with Crippen LogP contribution >= 0.6 is 0 Å². The minimum atomic E-state index is 0.564. The smallest absolute Gasteiger partial charge is 0.0953 e. The molecule has 1 aromatic carbocycles. The lowest BCUT2D eigenvalue weighted by Crippen LogP contribution is -2.18. The molecule has 3 heteroatoms. The standard InChI is InChI=1S/C17H23N3/c1-12-4-2-5-13(8-7-12)20-16-10-9-15(18)14-6-3-11-19-17(14)16/h3,6,9-13,20H,2,4-5,7-8,18H2,1H3. The van der Waals surface area contributed by atoms with E-state index in [2.05, 4.69) is 23.3 Å². The van der Waals surface area contributed by atoms with Gasteiger partial charge in [0.05, 0.1) is 11.2 Å². The van der Waals surface area contributed by atoms with Crippen LogP contribution in [0.5, 0.6) is 0 Å². The van der Waals surface area contributed by atoms with E-state index in [1.54, 1.807) is 0 Å². The summed E-state index contributed by atoms with van der Waals surface area (Å²) >= 11 is 0. The number of pyridine rings is 1. The van der Waals surface area contributed by atoms with Crippen molar-refractivity contribution in [2.24, 2.45) is 5.92 Å². The number of nitrogens with one attached hydrogen (secondary N) is 1. The molecule has 0 amide bonds.